The van der Waals surface area contributed by atoms with Crippen LogP contribution < -0.4 is 10.1 Å². The molecule has 2 saturated carbocycles. The number of carboxylic acids is 1. The quantitative estimate of drug-likeness (QED) is 0.570. The second-order valence-electron chi connectivity index (χ2n) is 10.6. The van der Waals surface area contributed by atoms with E-state index in [1.54, 1.807) is 43.3 Å². The van der Waals surface area contributed by atoms with Crippen molar-refractivity contribution >= 4 is 23.9 Å². The molecule has 3 fully saturated rings. The Morgan fingerprint density at radius 1 is 1.08 bits per heavy atom. The van der Waals surface area contributed by atoms with E-state index in [1.807, 2.05) is 30.3 Å². The number of carbonyl (C=O) groups excluding carboxylic acids is 3. The van der Waals surface area contributed by atoms with E-state index in [2.05, 4.69) is 5.32 Å². The van der Waals surface area contributed by atoms with Crippen LogP contribution in [0.15, 0.2) is 54.6 Å². The first kappa shape index (κ1) is 24.8. The molecule has 5 rings (SSSR count). The number of amides is 3. The van der Waals surface area contributed by atoms with Crippen molar-refractivity contribution in [2.45, 2.75) is 43.8 Å². The molecule has 2 aromatic rings. The van der Waals surface area contributed by atoms with E-state index >= 15 is 0 Å². The van der Waals surface area contributed by atoms with E-state index < -0.39 is 23.6 Å². The van der Waals surface area contributed by atoms with Gasteiger partial charge in [-0.2, -0.15) is 0 Å². The molecule has 0 aromatic heterocycles. The maximum Gasteiger partial charge on any atom is 0.414 e. The van der Waals surface area contributed by atoms with Crippen LogP contribution in [0, 0.1) is 17.8 Å². The fraction of sp³-hybridized carbons (Fsp3) is 0.429. The van der Waals surface area contributed by atoms with Gasteiger partial charge in [-0.25, -0.2) is 9.59 Å². The predicted octanol–water partition coefficient (Wildman–Crippen LogP) is 2.69. The molecule has 1 saturated heterocycles. The summed E-state index contributed by atoms with van der Waals surface area (Å²) in [7, 11) is 3.15. The van der Waals surface area contributed by atoms with Crippen molar-refractivity contribution in [1.82, 2.24) is 15.1 Å². The van der Waals surface area contributed by atoms with Gasteiger partial charge in [0.25, 0.3) is 0 Å². The zero-order chi connectivity index (χ0) is 26.3. The van der Waals surface area contributed by atoms with Crippen LogP contribution in [0.3, 0.4) is 0 Å². The molecule has 1 aliphatic heterocycles. The van der Waals surface area contributed by atoms with Crippen LogP contribution in [-0.2, 0) is 27.3 Å². The van der Waals surface area contributed by atoms with Crippen LogP contribution in [0.2, 0.25) is 0 Å². The summed E-state index contributed by atoms with van der Waals surface area (Å²) < 4.78 is 5.21. The number of hydrogen-bond acceptors (Lipinski definition) is 5. The standard InChI is InChI=1S/C28H31N3O6/c1-30(2)27(36)37-20-10-8-17(9-11-20)14-23(25(33)34)29-26(35)28-15-19-12-21(22(28)13-19)24(32)31(28)16-18-6-4-3-5-7-18/h3-11,19,21-23H,12-16H2,1-2H3,(H,29,35)(H,33,34)/t19?,21?,22?,23-,28?/m0/s1. The van der Waals surface area contributed by atoms with Crippen LogP contribution in [0.25, 0.3) is 0 Å². The highest BCUT2D eigenvalue weighted by Crippen LogP contribution is 2.61. The van der Waals surface area contributed by atoms with Crippen molar-refractivity contribution in [1.29, 1.82) is 0 Å². The Labute approximate surface area is 215 Å². The van der Waals surface area contributed by atoms with Crippen LogP contribution in [-0.4, -0.2) is 64.5 Å². The van der Waals surface area contributed by atoms with Crippen LogP contribution in [0.1, 0.15) is 30.4 Å². The molecule has 2 aromatic carbocycles. The maximum atomic E-state index is 13.9. The Bertz CT molecular complexity index is 1210. The minimum absolute atomic E-state index is 0.00117. The van der Waals surface area contributed by atoms with Gasteiger partial charge in [-0.1, -0.05) is 42.5 Å². The molecular weight excluding hydrogens is 474 g/mol. The molecule has 37 heavy (non-hydrogen) atoms. The number of nitrogens with one attached hydrogen (secondary N) is 1. The molecule has 0 radical (unpaired) electrons. The van der Waals surface area contributed by atoms with Crippen molar-refractivity contribution in [3.8, 4) is 5.75 Å². The molecule has 2 N–H and O–H groups in total. The normalized spacial score (nSPS) is 26.2. The average Bonchev–Trinajstić information content (AvgIpc) is 3.50. The van der Waals surface area contributed by atoms with E-state index in [0.717, 1.165) is 18.4 Å². The summed E-state index contributed by atoms with van der Waals surface area (Å²) in [4.78, 5) is 54.2. The number of rotatable bonds is 8. The number of hydrogen-bond donors (Lipinski definition) is 2. The van der Waals surface area contributed by atoms with Gasteiger partial charge in [0, 0.05) is 38.9 Å². The molecular formula is C28H31N3O6. The van der Waals surface area contributed by atoms with Crippen LogP contribution in [0.5, 0.6) is 5.75 Å². The van der Waals surface area contributed by atoms with E-state index in [9.17, 15) is 24.3 Å². The van der Waals surface area contributed by atoms with Gasteiger partial charge < -0.3 is 25.0 Å². The highest BCUT2D eigenvalue weighted by molar-refractivity contribution is 5.99. The summed E-state index contributed by atoms with van der Waals surface area (Å²) >= 11 is 0. The van der Waals surface area contributed by atoms with Gasteiger partial charge in [0.1, 0.15) is 17.3 Å². The van der Waals surface area contributed by atoms with Gasteiger partial charge >= 0.3 is 12.1 Å². The molecule has 1 heterocycles. The molecule has 2 bridgehead atoms. The van der Waals surface area contributed by atoms with Gasteiger partial charge in [-0.05, 0) is 48.4 Å². The third-order valence-corrected chi connectivity index (χ3v) is 8.05. The zero-order valence-corrected chi connectivity index (χ0v) is 20.9. The lowest BCUT2D eigenvalue weighted by Gasteiger charge is -2.39. The average molecular weight is 506 g/mol. The molecule has 3 aliphatic rings. The molecule has 9 heteroatoms. The first-order chi connectivity index (χ1) is 17.7. The van der Waals surface area contributed by atoms with E-state index in [1.165, 1.54) is 4.90 Å². The monoisotopic (exact) mass is 505 g/mol. The zero-order valence-electron chi connectivity index (χ0n) is 20.9. The Hall–Kier alpha value is -3.88. The SMILES string of the molecule is CN(C)C(=O)Oc1ccc(C[C@H](NC(=O)C23CC4CC(C(=O)N2Cc2ccccc2)C3C4)C(=O)O)cc1. The Kier molecular flexibility index (Phi) is 6.39. The number of carboxylic acid groups (broad SMARTS) is 1. The second kappa shape index (κ2) is 9.53. The largest absolute Gasteiger partial charge is 0.480 e. The highest BCUT2D eigenvalue weighted by atomic mass is 16.6. The van der Waals surface area contributed by atoms with Crippen molar-refractivity contribution in [3.63, 3.8) is 0 Å². The molecule has 2 aliphatic carbocycles. The van der Waals surface area contributed by atoms with Gasteiger partial charge in [0.15, 0.2) is 0 Å². The number of fused-ring (bicyclic) bond motifs is 1. The molecule has 4 unspecified atom stereocenters. The number of likely N-dealkylation sites (tertiary alicyclic amines) is 1. The van der Waals surface area contributed by atoms with Gasteiger partial charge in [-0.3, -0.25) is 9.59 Å². The minimum atomic E-state index is -1.16. The highest BCUT2D eigenvalue weighted by Gasteiger charge is 2.70. The van der Waals surface area contributed by atoms with Gasteiger partial charge in [0.2, 0.25) is 11.8 Å². The predicted molar refractivity (Wildman–Crippen MR) is 133 cm³/mol. The Morgan fingerprint density at radius 2 is 1.78 bits per heavy atom. The third-order valence-electron chi connectivity index (χ3n) is 8.05. The smallest absolute Gasteiger partial charge is 0.414 e. The van der Waals surface area contributed by atoms with Crippen molar-refractivity contribution in [3.05, 3.63) is 65.7 Å². The molecule has 194 valence electrons. The van der Waals surface area contributed by atoms with Crippen molar-refractivity contribution in [2.75, 3.05) is 14.1 Å². The lowest BCUT2D eigenvalue weighted by Crippen LogP contribution is -2.60. The topological polar surface area (TPSA) is 116 Å². The van der Waals surface area contributed by atoms with E-state index in [0.29, 0.717) is 30.2 Å². The molecule has 5 atom stereocenters. The fourth-order valence-corrected chi connectivity index (χ4v) is 6.38. The summed E-state index contributed by atoms with van der Waals surface area (Å²) in [5.74, 6) is -1.15. The van der Waals surface area contributed by atoms with Crippen LogP contribution in [0.4, 0.5) is 4.79 Å². The summed E-state index contributed by atoms with van der Waals surface area (Å²) in [6, 6.07) is 15.0. The van der Waals surface area contributed by atoms with Crippen LogP contribution >= 0.6 is 0 Å². The number of ether oxygens (including phenoxy) is 1. The fourth-order valence-electron chi connectivity index (χ4n) is 6.38. The van der Waals surface area contributed by atoms with Gasteiger partial charge in [0.05, 0.1) is 0 Å². The second-order valence-corrected chi connectivity index (χ2v) is 10.6. The number of carbonyl (C=O) groups is 4. The lowest BCUT2D eigenvalue weighted by atomic mass is 9.77. The Morgan fingerprint density at radius 3 is 2.41 bits per heavy atom. The Balaban J connectivity index is 1.34. The number of nitrogens with zero attached hydrogens (tertiary/aromatic N) is 2. The number of aliphatic carboxylic acids is 1. The first-order valence-corrected chi connectivity index (χ1v) is 12.6. The summed E-state index contributed by atoms with van der Waals surface area (Å²) in [5.41, 5.74) is 0.597. The maximum absolute atomic E-state index is 13.9. The molecule has 3 amide bonds. The van der Waals surface area contributed by atoms with Crippen molar-refractivity contribution < 1.29 is 29.0 Å². The van der Waals surface area contributed by atoms with E-state index in [4.69, 9.17) is 4.74 Å². The number of benzene rings is 2. The summed E-state index contributed by atoms with van der Waals surface area (Å²) in [6.07, 6.45) is 1.73. The van der Waals surface area contributed by atoms with E-state index in [-0.39, 0.29) is 30.1 Å². The summed E-state index contributed by atoms with van der Waals surface area (Å²) in [6.45, 7) is 0.331. The third kappa shape index (κ3) is 4.43. The molecule has 9 nitrogen and oxygen atoms in total. The van der Waals surface area contributed by atoms with Crippen molar-refractivity contribution in [2.24, 2.45) is 17.8 Å². The van der Waals surface area contributed by atoms with Gasteiger partial charge in [-0.15, -0.1) is 0 Å². The minimum Gasteiger partial charge on any atom is -0.480 e. The lowest BCUT2D eigenvalue weighted by molar-refractivity contribution is -0.147. The first-order valence-electron chi connectivity index (χ1n) is 12.6. The molecule has 0 spiro atoms. The summed E-state index contributed by atoms with van der Waals surface area (Å²) in [5, 5.41) is 12.7.